The van der Waals surface area contributed by atoms with Crippen molar-refractivity contribution < 1.29 is 9.53 Å². The fourth-order valence-corrected chi connectivity index (χ4v) is 1.41. The lowest BCUT2D eigenvalue weighted by molar-refractivity contribution is 0.101. The molecule has 0 radical (unpaired) electrons. The number of ether oxygens (including phenoxy) is 1. The van der Waals surface area contributed by atoms with Gasteiger partial charge < -0.3 is 4.74 Å². The quantitative estimate of drug-likeness (QED) is 0.758. The molecular weight excluding hydrogens is 216 g/mol. The van der Waals surface area contributed by atoms with E-state index in [9.17, 15) is 4.79 Å². The topological polar surface area (TPSA) is 52.1 Å². The number of carbonyl (C=O) groups excluding carboxylic acids is 1. The second-order valence-electron chi connectivity index (χ2n) is 3.62. The van der Waals surface area contributed by atoms with Crippen LogP contribution < -0.4 is 4.74 Å². The summed E-state index contributed by atoms with van der Waals surface area (Å²) in [4.78, 5) is 19.5. The maximum absolute atomic E-state index is 11.4. The van der Waals surface area contributed by atoms with Gasteiger partial charge in [-0.2, -0.15) is 0 Å². The van der Waals surface area contributed by atoms with Crippen molar-refractivity contribution in [1.82, 2.24) is 9.97 Å². The summed E-state index contributed by atoms with van der Waals surface area (Å²) in [5.41, 5.74) is 0.549. The maximum Gasteiger partial charge on any atom is 0.164 e. The van der Waals surface area contributed by atoms with E-state index in [1.165, 1.54) is 6.92 Å². The van der Waals surface area contributed by atoms with E-state index in [-0.39, 0.29) is 5.78 Å². The van der Waals surface area contributed by atoms with Gasteiger partial charge in [-0.15, -0.1) is 0 Å². The maximum atomic E-state index is 11.4. The van der Waals surface area contributed by atoms with Crippen LogP contribution in [-0.4, -0.2) is 15.8 Å². The number of rotatable bonds is 3. The Morgan fingerprint density at radius 2 is 1.82 bits per heavy atom. The van der Waals surface area contributed by atoms with Crippen LogP contribution in [0.3, 0.4) is 0 Å². The van der Waals surface area contributed by atoms with E-state index in [1.54, 1.807) is 37.5 Å². The van der Waals surface area contributed by atoms with Crippen molar-refractivity contribution in [3.05, 3.63) is 48.0 Å². The first-order chi connectivity index (χ1) is 8.16. The number of para-hydroxylation sites is 1. The van der Waals surface area contributed by atoms with Crippen LogP contribution in [0.15, 0.2) is 36.7 Å². The van der Waals surface area contributed by atoms with Gasteiger partial charge in [-0.1, -0.05) is 12.1 Å². The van der Waals surface area contributed by atoms with E-state index in [0.29, 0.717) is 22.9 Å². The predicted octanol–water partition coefficient (Wildman–Crippen LogP) is 2.78. The van der Waals surface area contributed by atoms with Crippen LogP contribution in [0.2, 0.25) is 0 Å². The summed E-state index contributed by atoms with van der Waals surface area (Å²) in [5.74, 6) is 1.68. The van der Waals surface area contributed by atoms with E-state index in [0.717, 1.165) is 0 Å². The van der Waals surface area contributed by atoms with Crippen molar-refractivity contribution in [2.45, 2.75) is 13.8 Å². The van der Waals surface area contributed by atoms with Crippen LogP contribution in [0, 0.1) is 6.92 Å². The van der Waals surface area contributed by atoms with Crippen molar-refractivity contribution in [3.8, 4) is 11.5 Å². The van der Waals surface area contributed by atoms with Gasteiger partial charge in [-0.05, 0) is 26.0 Å². The van der Waals surface area contributed by atoms with Gasteiger partial charge >= 0.3 is 0 Å². The van der Waals surface area contributed by atoms with Crippen molar-refractivity contribution in [1.29, 1.82) is 0 Å². The molecule has 1 aromatic heterocycles. The largest absolute Gasteiger partial charge is 0.453 e. The number of benzene rings is 1. The fourth-order valence-electron chi connectivity index (χ4n) is 1.41. The molecule has 2 aromatic rings. The smallest absolute Gasteiger partial charge is 0.164 e. The highest BCUT2D eigenvalue weighted by Crippen LogP contribution is 2.24. The Labute approximate surface area is 99.3 Å². The minimum absolute atomic E-state index is 0.0337. The van der Waals surface area contributed by atoms with E-state index in [4.69, 9.17) is 4.74 Å². The third-order valence-electron chi connectivity index (χ3n) is 2.25. The van der Waals surface area contributed by atoms with E-state index >= 15 is 0 Å². The Morgan fingerprint density at radius 1 is 1.18 bits per heavy atom. The van der Waals surface area contributed by atoms with E-state index in [1.807, 2.05) is 6.07 Å². The summed E-state index contributed by atoms with van der Waals surface area (Å²) < 4.78 is 5.58. The van der Waals surface area contributed by atoms with Crippen molar-refractivity contribution in [2.24, 2.45) is 0 Å². The van der Waals surface area contributed by atoms with Crippen LogP contribution in [0.25, 0.3) is 0 Å². The Balaban J connectivity index is 2.30. The average Bonchev–Trinajstić information content (AvgIpc) is 2.32. The second-order valence-corrected chi connectivity index (χ2v) is 3.62. The van der Waals surface area contributed by atoms with Gasteiger partial charge in [0.2, 0.25) is 0 Å². The lowest BCUT2D eigenvalue weighted by atomic mass is 10.1. The SMILES string of the molecule is CC(=O)c1ccccc1Oc1cnc(C)nc1. The van der Waals surface area contributed by atoms with Crippen LogP contribution in [-0.2, 0) is 0 Å². The third-order valence-corrected chi connectivity index (χ3v) is 2.25. The van der Waals surface area contributed by atoms with Crippen LogP contribution in [0.1, 0.15) is 23.1 Å². The van der Waals surface area contributed by atoms with Crippen LogP contribution in [0.5, 0.6) is 11.5 Å². The van der Waals surface area contributed by atoms with Gasteiger partial charge in [-0.3, -0.25) is 4.79 Å². The van der Waals surface area contributed by atoms with E-state index < -0.39 is 0 Å². The highest BCUT2D eigenvalue weighted by molar-refractivity contribution is 5.96. The first-order valence-electron chi connectivity index (χ1n) is 5.23. The lowest BCUT2D eigenvalue weighted by Crippen LogP contribution is -1.97. The minimum atomic E-state index is -0.0337. The summed E-state index contributed by atoms with van der Waals surface area (Å²) in [6, 6.07) is 7.09. The van der Waals surface area contributed by atoms with Crippen molar-refractivity contribution >= 4 is 5.78 Å². The molecule has 17 heavy (non-hydrogen) atoms. The number of aryl methyl sites for hydroxylation is 1. The number of aromatic nitrogens is 2. The molecule has 0 unspecified atom stereocenters. The van der Waals surface area contributed by atoms with Crippen molar-refractivity contribution in [3.63, 3.8) is 0 Å². The van der Waals surface area contributed by atoms with Gasteiger partial charge in [0.15, 0.2) is 11.5 Å². The molecule has 0 saturated carbocycles. The zero-order chi connectivity index (χ0) is 12.3. The molecule has 0 spiro atoms. The molecule has 0 aliphatic carbocycles. The van der Waals surface area contributed by atoms with Gasteiger partial charge in [0, 0.05) is 0 Å². The molecule has 1 aromatic carbocycles. The number of carbonyl (C=O) groups is 1. The highest BCUT2D eigenvalue weighted by Gasteiger charge is 2.08. The zero-order valence-corrected chi connectivity index (χ0v) is 9.68. The molecule has 1 heterocycles. The summed E-state index contributed by atoms with van der Waals surface area (Å²) in [6.07, 6.45) is 3.17. The second kappa shape index (κ2) is 4.74. The fraction of sp³-hybridized carbons (Fsp3) is 0.154. The molecule has 4 heteroatoms. The molecule has 86 valence electrons. The Hall–Kier alpha value is -2.23. The van der Waals surface area contributed by atoms with Crippen LogP contribution in [0.4, 0.5) is 0 Å². The minimum Gasteiger partial charge on any atom is -0.453 e. The summed E-state index contributed by atoms with van der Waals surface area (Å²) >= 11 is 0. The standard InChI is InChI=1S/C13H12N2O2/c1-9(16)12-5-3-4-6-13(12)17-11-7-14-10(2)15-8-11/h3-8H,1-2H3. The van der Waals surface area contributed by atoms with Gasteiger partial charge in [0.05, 0.1) is 18.0 Å². The molecule has 0 amide bonds. The molecular formula is C13H12N2O2. The molecule has 0 fully saturated rings. The zero-order valence-electron chi connectivity index (χ0n) is 9.68. The number of nitrogens with zero attached hydrogens (tertiary/aromatic N) is 2. The number of hydrogen-bond acceptors (Lipinski definition) is 4. The normalized spacial score (nSPS) is 10.0. The first-order valence-corrected chi connectivity index (χ1v) is 5.23. The molecule has 0 N–H and O–H groups in total. The number of Topliss-reactive ketones (excluding diaryl/α,β-unsaturated/α-hetero) is 1. The highest BCUT2D eigenvalue weighted by atomic mass is 16.5. The molecule has 4 nitrogen and oxygen atoms in total. The molecule has 0 aliphatic heterocycles. The Kier molecular flexibility index (Phi) is 3.14. The predicted molar refractivity (Wildman–Crippen MR) is 63.3 cm³/mol. The first kappa shape index (κ1) is 11.3. The number of hydrogen-bond donors (Lipinski definition) is 0. The van der Waals surface area contributed by atoms with Gasteiger partial charge in [0.25, 0.3) is 0 Å². The van der Waals surface area contributed by atoms with Gasteiger partial charge in [-0.25, -0.2) is 9.97 Å². The number of ketones is 1. The van der Waals surface area contributed by atoms with E-state index in [2.05, 4.69) is 9.97 Å². The van der Waals surface area contributed by atoms with Crippen LogP contribution >= 0.6 is 0 Å². The molecule has 2 rings (SSSR count). The van der Waals surface area contributed by atoms with Gasteiger partial charge in [0.1, 0.15) is 11.6 Å². The Bertz CT molecular complexity index is 535. The molecule has 0 saturated heterocycles. The molecule has 0 aliphatic rings. The molecule has 0 bridgehead atoms. The average molecular weight is 228 g/mol. The van der Waals surface area contributed by atoms with Crippen molar-refractivity contribution in [2.75, 3.05) is 0 Å². The monoisotopic (exact) mass is 228 g/mol. The molecule has 0 atom stereocenters. The Morgan fingerprint density at radius 3 is 2.47 bits per heavy atom. The summed E-state index contributed by atoms with van der Waals surface area (Å²) in [6.45, 7) is 3.31. The lowest BCUT2D eigenvalue weighted by Gasteiger charge is -2.08. The third kappa shape index (κ3) is 2.66. The summed E-state index contributed by atoms with van der Waals surface area (Å²) in [5, 5.41) is 0. The summed E-state index contributed by atoms with van der Waals surface area (Å²) in [7, 11) is 0.